The van der Waals surface area contributed by atoms with E-state index in [-0.39, 0.29) is 12.5 Å². The zero-order chi connectivity index (χ0) is 19.9. The molecule has 1 aromatic heterocycles. The molecule has 0 atom stereocenters. The van der Waals surface area contributed by atoms with E-state index in [1.165, 1.54) is 5.39 Å². The lowest BCUT2D eigenvalue weighted by Crippen LogP contribution is -2.38. The molecule has 152 valence electrons. The number of nitrogens with one attached hydrogen (secondary N) is 1. The Morgan fingerprint density at radius 1 is 1.03 bits per heavy atom. The van der Waals surface area contributed by atoms with Crippen molar-refractivity contribution in [2.45, 2.75) is 13.0 Å². The second-order valence-electron chi connectivity index (χ2n) is 7.13. The number of fused-ring (bicyclic) bond motifs is 1. The first-order chi connectivity index (χ1) is 14.3. The fourth-order valence-electron chi connectivity index (χ4n) is 3.41. The highest BCUT2D eigenvalue weighted by atomic mass is 16.5. The van der Waals surface area contributed by atoms with Crippen LogP contribution in [0.1, 0.15) is 22.7 Å². The Balaban J connectivity index is 1.22. The van der Waals surface area contributed by atoms with Gasteiger partial charge in [-0.25, -0.2) is 0 Å². The fraction of sp³-hybridized carbons (Fsp3) is 0.348. The Morgan fingerprint density at radius 2 is 1.86 bits per heavy atom. The number of nitrogens with zero attached hydrogens (tertiary/aromatic N) is 1. The topological polar surface area (TPSA) is 63.9 Å². The highest BCUT2D eigenvalue weighted by Crippen LogP contribution is 2.21. The van der Waals surface area contributed by atoms with Gasteiger partial charge in [-0.3, -0.25) is 9.69 Å². The summed E-state index contributed by atoms with van der Waals surface area (Å²) in [5.74, 6) is 1.52. The molecule has 2 aromatic carbocycles. The number of benzene rings is 2. The largest absolute Gasteiger partial charge is 0.486 e. The Bertz CT molecular complexity index is 947. The van der Waals surface area contributed by atoms with Crippen molar-refractivity contribution < 1.29 is 18.7 Å². The normalized spacial score (nSPS) is 14.8. The number of hydrogen-bond acceptors (Lipinski definition) is 5. The van der Waals surface area contributed by atoms with E-state index in [9.17, 15) is 4.79 Å². The Kier molecular flexibility index (Phi) is 6.44. The van der Waals surface area contributed by atoms with Gasteiger partial charge in [-0.05, 0) is 48.0 Å². The average Bonchev–Trinajstić information content (AvgIpc) is 3.25. The summed E-state index contributed by atoms with van der Waals surface area (Å²) < 4.78 is 16.8. The smallest absolute Gasteiger partial charge is 0.286 e. The molecular weight excluding hydrogens is 368 g/mol. The van der Waals surface area contributed by atoms with Crippen LogP contribution in [0.2, 0.25) is 0 Å². The molecule has 1 amide bonds. The first-order valence-corrected chi connectivity index (χ1v) is 10.1. The molecule has 29 heavy (non-hydrogen) atoms. The fourth-order valence-corrected chi connectivity index (χ4v) is 3.41. The summed E-state index contributed by atoms with van der Waals surface area (Å²) in [5.41, 5.74) is 0. The second kappa shape index (κ2) is 9.58. The molecule has 1 saturated heterocycles. The summed E-state index contributed by atoms with van der Waals surface area (Å²) in [5, 5.41) is 5.21. The van der Waals surface area contributed by atoms with E-state index in [4.69, 9.17) is 13.9 Å². The Morgan fingerprint density at radius 3 is 2.72 bits per heavy atom. The molecule has 3 aromatic rings. The summed E-state index contributed by atoms with van der Waals surface area (Å²) in [6.07, 6.45) is 0.907. The molecule has 4 rings (SSSR count). The van der Waals surface area contributed by atoms with Crippen LogP contribution in [0.4, 0.5) is 0 Å². The van der Waals surface area contributed by atoms with Crippen molar-refractivity contribution in [1.29, 1.82) is 0 Å². The highest BCUT2D eigenvalue weighted by molar-refractivity contribution is 5.91. The molecule has 6 heteroatoms. The third kappa shape index (κ3) is 5.37. The molecular formula is C23H26N2O4. The molecule has 6 nitrogen and oxygen atoms in total. The molecule has 1 aliphatic heterocycles. The second-order valence-corrected chi connectivity index (χ2v) is 7.13. The monoisotopic (exact) mass is 394 g/mol. The van der Waals surface area contributed by atoms with Crippen molar-refractivity contribution in [3.63, 3.8) is 0 Å². The van der Waals surface area contributed by atoms with Crippen LogP contribution in [0.5, 0.6) is 5.75 Å². The van der Waals surface area contributed by atoms with E-state index in [0.29, 0.717) is 18.1 Å². The number of morpholine rings is 1. The van der Waals surface area contributed by atoms with Crippen LogP contribution < -0.4 is 10.1 Å². The van der Waals surface area contributed by atoms with Gasteiger partial charge in [0.05, 0.1) is 13.2 Å². The van der Waals surface area contributed by atoms with Crippen molar-refractivity contribution in [1.82, 2.24) is 10.2 Å². The van der Waals surface area contributed by atoms with Crippen LogP contribution >= 0.6 is 0 Å². The van der Waals surface area contributed by atoms with Gasteiger partial charge in [-0.15, -0.1) is 0 Å². The van der Waals surface area contributed by atoms with Crippen LogP contribution in [-0.4, -0.2) is 50.2 Å². The highest BCUT2D eigenvalue weighted by Gasteiger charge is 2.13. The van der Waals surface area contributed by atoms with Gasteiger partial charge in [-0.2, -0.15) is 0 Å². The summed E-state index contributed by atoms with van der Waals surface area (Å²) in [6.45, 7) is 5.39. The zero-order valence-electron chi connectivity index (χ0n) is 16.4. The lowest BCUT2D eigenvalue weighted by molar-refractivity contribution is 0.0374. The van der Waals surface area contributed by atoms with Crippen LogP contribution in [0.25, 0.3) is 10.8 Å². The summed E-state index contributed by atoms with van der Waals surface area (Å²) >= 11 is 0. The van der Waals surface area contributed by atoms with Crippen molar-refractivity contribution in [2.24, 2.45) is 0 Å². The van der Waals surface area contributed by atoms with Gasteiger partial charge in [0, 0.05) is 19.6 Å². The lowest BCUT2D eigenvalue weighted by atomic mass is 10.1. The van der Waals surface area contributed by atoms with Crippen LogP contribution in [-0.2, 0) is 11.3 Å². The minimum Gasteiger partial charge on any atom is -0.486 e. The van der Waals surface area contributed by atoms with Gasteiger partial charge in [0.25, 0.3) is 5.91 Å². The van der Waals surface area contributed by atoms with Crippen LogP contribution in [0, 0.1) is 0 Å². The third-order valence-electron chi connectivity index (χ3n) is 5.03. The first-order valence-electron chi connectivity index (χ1n) is 10.1. The third-order valence-corrected chi connectivity index (χ3v) is 5.03. The van der Waals surface area contributed by atoms with Gasteiger partial charge >= 0.3 is 0 Å². The molecule has 1 N–H and O–H groups in total. The number of carbonyl (C=O) groups excluding carboxylic acids is 1. The van der Waals surface area contributed by atoms with Crippen molar-refractivity contribution >= 4 is 16.7 Å². The summed E-state index contributed by atoms with van der Waals surface area (Å²) in [4.78, 5) is 14.6. The Hall–Kier alpha value is -2.83. The zero-order valence-corrected chi connectivity index (χ0v) is 16.4. The van der Waals surface area contributed by atoms with Crippen molar-refractivity contribution in [3.05, 3.63) is 66.1 Å². The van der Waals surface area contributed by atoms with Crippen LogP contribution in [0.15, 0.2) is 59.0 Å². The summed E-state index contributed by atoms with van der Waals surface area (Å²) in [6, 6.07) is 17.6. The molecule has 1 fully saturated rings. The molecule has 0 unspecified atom stereocenters. The average molecular weight is 394 g/mol. The molecule has 0 saturated carbocycles. The predicted octanol–water partition coefficient (Wildman–Crippen LogP) is 3.46. The molecule has 1 aliphatic rings. The van der Waals surface area contributed by atoms with Gasteiger partial charge in [0.1, 0.15) is 18.1 Å². The standard InChI is InChI=1S/C23H26N2O4/c26-23(24-10-3-11-25-12-14-27-15-13-25)22-9-8-21(29-22)17-28-20-7-6-18-4-1-2-5-19(18)16-20/h1-2,4-9,16H,3,10-15,17H2,(H,24,26). The molecule has 0 spiro atoms. The van der Waals surface area contributed by atoms with E-state index in [2.05, 4.69) is 22.3 Å². The minimum absolute atomic E-state index is 0.191. The van der Waals surface area contributed by atoms with Crippen LogP contribution in [0.3, 0.4) is 0 Å². The molecule has 2 heterocycles. The number of amides is 1. The minimum atomic E-state index is -0.191. The van der Waals surface area contributed by atoms with E-state index >= 15 is 0 Å². The van der Waals surface area contributed by atoms with E-state index in [1.54, 1.807) is 12.1 Å². The van der Waals surface area contributed by atoms with E-state index in [1.807, 2.05) is 30.3 Å². The molecule has 0 radical (unpaired) electrons. The van der Waals surface area contributed by atoms with Gasteiger partial charge < -0.3 is 19.2 Å². The van der Waals surface area contributed by atoms with Crippen molar-refractivity contribution in [2.75, 3.05) is 39.4 Å². The number of ether oxygens (including phenoxy) is 2. The molecule has 0 aliphatic carbocycles. The maximum absolute atomic E-state index is 12.3. The number of carbonyl (C=O) groups is 1. The lowest BCUT2D eigenvalue weighted by Gasteiger charge is -2.26. The van der Waals surface area contributed by atoms with Crippen molar-refractivity contribution in [3.8, 4) is 5.75 Å². The van der Waals surface area contributed by atoms with Gasteiger partial charge in [0.2, 0.25) is 0 Å². The Labute approximate surface area is 170 Å². The predicted molar refractivity (Wildman–Crippen MR) is 111 cm³/mol. The maximum atomic E-state index is 12.3. The first kappa shape index (κ1) is 19.5. The SMILES string of the molecule is O=C(NCCCN1CCOCC1)c1ccc(COc2ccc3ccccc3c2)o1. The quantitative estimate of drug-likeness (QED) is 0.593. The van der Waals surface area contributed by atoms with E-state index < -0.39 is 0 Å². The summed E-state index contributed by atoms with van der Waals surface area (Å²) in [7, 11) is 0. The number of rotatable bonds is 8. The number of furan rings is 1. The maximum Gasteiger partial charge on any atom is 0.286 e. The van der Waals surface area contributed by atoms with Gasteiger partial charge in [-0.1, -0.05) is 30.3 Å². The van der Waals surface area contributed by atoms with Gasteiger partial charge in [0.15, 0.2) is 5.76 Å². The molecule has 0 bridgehead atoms. The number of hydrogen-bond donors (Lipinski definition) is 1. The van der Waals surface area contributed by atoms with E-state index in [0.717, 1.165) is 50.4 Å².